The van der Waals surface area contributed by atoms with Gasteiger partial charge in [0.15, 0.2) is 0 Å². The lowest BCUT2D eigenvalue weighted by molar-refractivity contribution is 0.519. The van der Waals surface area contributed by atoms with Gasteiger partial charge in [-0.25, -0.2) is 4.39 Å². The summed E-state index contributed by atoms with van der Waals surface area (Å²) >= 11 is 15.3. The molecule has 0 heterocycles. The lowest BCUT2D eigenvalue weighted by Gasteiger charge is -2.18. The molecule has 21 heavy (non-hydrogen) atoms. The summed E-state index contributed by atoms with van der Waals surface area (Å²) in [7, 11) is 0. The van der Waals surface area contributed by atoms with Crippen LogP contribution in [-0.2, 0) is 12.8 Å². The predicted molar refractivity (Wildman–Crippen MR) is 89.1 cm³/mol. The lowest BCUT2D eigenvalue weighted by atomic mass is 9.99. The minimum absolute atomic E-state index is 0.0678. The van der Waals surface area contributed by atoms with Crippen molar-refractivity contribution in [2.75, 3.05) is 0 Å². The Labute approximate surface area is 141 Å². The fourth-order valence-electron chi connectivity index (χ4n) is 2.11. The van der Waals surface area contributed by atoms with Crippen LogP contribution in [0, 0.1) is 5.82 Å². The number of hydrogen-bond donors (Lipinski definition) is 2. The van der Waals surface area contributed by atoms with E-state index in [9.17, 15) is 4.39 Å². The van der Waals surface area contributed by atoms with Gasteiger partial charge < -0.3 is 0 Å². The third-order valence-electron chi connectivity index (χ3n) is 3.22. The summed E-state index contributed by atoms with van der Waals surface area (Å²) < 4.78 is 14.0. The Morgan fingerprint density at radius 3 is 2.52 bits per heavy atom. The van der Waals surface area contributed by atoms with Crippen LogP contribution < -0.4 is 11.3 Å². The molecule has 0 aliphatic rings. The van der Waals surface area contributed by atoms with Gasteiger partial charge in [-0.1, -0.05) is 41.4 Å². The molecular weight excluding hydrogens is 378 g/mol. The first-order valence-corrected chi connectivity index (χ1v) is 7.89. The van der Waals surface area contributed by atoms with Crippen molar-refractivity contribution < 1.29 is 4.39 Å². The molecule has 2 aromatic rings. The van der Waals surface area contributed by atoms with Gasteiger partial charge in [0.05, 0.1) is 4.47 Å². The third kappa shape index (κ3) is 4.41. The molecule has 1 unspecified atom stereocenters. The van der Waals surface area contributed by atoms with Crippen LogP contribution in [0.15, 0.2) is 40.9 Å². The van der Waals surface area contributed by atoms with Gasteiger partial charge in [-0.05, 0) is 58.1 Å². The number of hydrazine groups is 1. The first kappa shape index (κ1) is 16.7. The monoisotopic (exact) mass is 390 g/mol. The molecule has 0 bridgehead atoms. The van der Waals surface area contributed by atoms with E-state index in [0.29, 0.717) is 27.4 Å². The first-order chi connectivity index (χ1) is 10.0. The maximum atomic E-state index is 13.5. The molecule has 0 aliphatic heterocycles. The molecule has 1 atom stereocenters. The second-order valence-corrected chi connectivity index (χ2v) is 6.36. The smallest absolute Gasteiger partial charge is 0.137 e. The Bertz CT molecular complexity index is 637. The van der Waals surface area contributed by atoms with E-state index in [4.69, 9.17) is 29.0 Å². The molecule has 0 amide bonds. The van der Waals surface area contributed by atoms with Gasteiger partial charge in [-0.15, -0.1) is 0 Å². The Balaban J connectivity index is 2.15. The number of nitrogens with two attached hydrogens (primary N) is 1. The molecule has 112 valence electrons. The van der Waals surface area contributed by atoms with Crippen LogP contribution in [-0.4, -0.2) is 6.04 Å². The molecule has 2 rings (SSSR count). The Hall–Kier alpha value is -0.650. The Morgan fingerprint density at radius 2 is 1.86 bits per heavy atom. The molecule has 2 aromatic carbocycles. The molecule has 0 spiro atoms. The molecular formula is C15H14BrCl2FN2. The summed E-state index contributed by atoms with van der Waals surface area (Å²) in [6, 6.07) is 10.2. The highest BCUT2D eigenvalue weighted by Crippen LogP contribution is 2.25. The first-order valence-electron chi connectivity index (χ1n) is 6.34. The van der Waals surface area contributed by atoms with Crippen molar-refractivity contribution in [2.45, 2.75) is 18.9 Å². The summed E-state index contributed by atoms with van der Waals surface area (Å²) in [6.45, 7) is 0. The quantitative estimate of drug-likeness (QED) is 0.581. The van der Waals surface area contributed by atoms with Crippen LogP contribution in [0.3, 0.4) is 0 Å². The van der Waals surface area contributed by atoms with Gasteiger partial charge in [-0.3, -0.25) is 11.3 Å². The van der Waals surface area contributed by atoms with Gasteiger partial charge in [0, 0.05) is 16.1 Å². The molecule has 0 aromatic heterocycles. The van der Waals surface area contributed by atoms with Crippen LogP contribution in [0.25, 0.3) is 0 Å². The maximum absolute atomic E-state index is 13.5. The van der Waals surface area contributed by atoms with Crippen LogP contribution in [0.5, 0.6) is 0 Å². The summed E-state index contributed by atoms with van der Waals surface area (Å²) in [4.78, 5) is 0. The maximum Gasteiger partial charge on any atom is 0.137 e. The van der Waals surface area contributed by atoms with E-state index >= 15 is 0 Å². The zero-order chi connectivity index (χ0) is 15.4. The van der Waals surface area contributed by atoms with Crippen LogP contribution >= 0.6 is 39.1 Å². The predicted octanol–water partition coefficient (Wildman–Crippen LogP) is 4.51. The molecule has 0 fully saturated rings. The number of benzene rings is 2. The summed E-state index contributed by atoms with van der Waals surface area (Å²) in [6.07, 6.45) is 1.20. The van der Waals surface area contributed by atoms with Crippen molar-refractivity contribution in [1.82, 2.24) is 5.43 Å². The van der Waals surface area contributed by atoms with Gasteiger partial charge in [0.1, 0.15) is 5.82 Å². The van der Waals surface area contributed by atoms with E-state index in [1.807, 2.05) is 12.1 Å². The zero-order valence-corrected chi connectivity index (χ0v) is 14.1. The molecule has 3 N–H and O–H groups in total. The van der Waals surface area contributed by atoms with E-state index in [1.54, 1.807) is 18.2 Å². The van der Waals surface area contributed by atoms with Gasteiger partial charge >= 0.3 is 0 Å². The summed E-state index contributed by atoms with van der Waals surface area (Å²) in [5.41, 5.74) is 4.54. The minimum atomic E-state index is -0.284. The summed E-state index contributed by atoms with van der Waals surface area (Å²) in [5, 5.41) is 1.19. The van der Waals surface area contributed by atoms with E-state index < -0.39 is 0 Å². The highest BCUT2D eigenvalue weighted by atomic mass is 79.9. The third-order valence-corrected chi connectivity index (χ3v) is 4.69. The van der Waals surface area contributed by atoms with Crippen molar-refractivity contribution in [3.05, 3.63) is 67.9 Å². The fourth-order valence-corrected chi connectivity index (χ4v) is 3.03. The van der Waals surface area contributed by atoms with Crippen LogP contribution in [0.2, 0.25) is 10.0 Å². The Morgan fingerprint density at radius 1 is 1.14 bits per heavy atom. The van der Waals surface area contributed by atoms with E-state index in [2.05, 4.69) is 21.4 Å². The molecule has 0 aliphatic carbocycles. The van der Waals surface area contributed by atoms with Gasteiger partial charge in [0.25, 0.3) is 0 Å². The SMILES string of the molecule is NNC(Cc1ccc(Cl)cc1Cl)Cc1cccc(F)c1Br. The standard InChI is InChI=1S/C15H14BrCl2FN2/c16-15-10(2-1-3-14(15)19)7-12(21-20)6-9-4-5-11(17)8-13(9)18/h1-5,8,12,21H,6-7,20H2. The highest BCUT2D eigenvalue weighted by molar-refractivity contribution is 9.10. The van der Waals surface area contributed by atoms with Crippen LogP contribution in [0.4, 0.5) is 4.39 Å². The molecule has 2 nitrogen and oxygen atoms in total. The second-order valence-electron chi connectivity index (χ2n) is 4.72. The largest absolute Gasteiger partial charge is 0.271 e. The molecule has 6 heteroatoms. The molecule has 0 saturated carbocycles. The van der Waals surface area contributed by atoms with E-state index in [0.717, 1.165) is 11.1 Å². The van der Waals surface area contributed by atoms with Crippen molar-refractivity contribution in [2.24, 2.45) is 5.84 Å². The second kappa shape index (κ2) is 7.56. The number of rotatable bonds is 5. The minimum Gasteiger partial charge on any atom is -0.271 e. The van der Waals surface area contributed by atoms with Gasteiger partial charge in [0.2, 0.25) is 0 Å². The normalized spacial score (nSPS) is 12.4. The number of halogens is 4. The highest BCUT2D eigenvalue weighted by Gasteiger charge is 2.14. The van der Waals surface area contributed by atoms with Crippen LogP contribution in [0.1, 0.15) is 11.1 Å². The summed E-state index contributed by atoms with van der Waals surface area (Å²) in [5.74, 6) is 5.32. The lowest BCUT2D eigenvalue weighted by Crippen LogP contribution is -2.38. The average Bonchev–Trinajstić information content (AvgIpc) is 2.45. The van der Waals surface area contributed by atoms with E-state index in [-0.39, 0.29) is 11.9 Å². The van der Waals surface area contributed by atoms with Crippen molar-refractivity contribution in [3.8, 4) is 0 Å². The fraction of sp³-hybridized carbons (Fsp3) is 0.200. The number of nitrogens with one attached hydrogen (secondary N) is 1. The van der Waals surface area contributed by atoms with Crippen molar-refractivity contribution >= 4 is 39.1 Å². The van der Waals surface area contributed by atoms with Crippen molar-refractivity contribution in [1.29, 1.82) is 0 Å². The average molecular weight is 392 g/mol. The molecule has 0 saturated heterocycles. The number of hydrogen-bond acceptors (Lipinski definition) is 2. The van der Waals surface area contributed by atoms with Gasteiger partial charge in [-0.2, -0.15) is 0 Å². The Kier molecular flexibility index (Phi) is 6.02. The van der Waals surface area contributed by atoms with E-state index in [1.165, 1.54) is 6.07 Å². The molecule has 0 radical (unpaired) electrons. The van der Waals surface area contributed by atoms with Crippen molar-refractivity contribution in [3.63, 3.8) is 0 Å². The zero-order valence-electron chi connectivity index (χ0n) is 11.0. The topological polar surface area (TPSA) is 38.0 Å².